The Labute approximate surface area is 139 Å². The normalized spacial score (nSPS) is 21.7. The molecule has 1 aromatic rings. The lowest BCUT2D eigenvalue weighted by Gasteiger charge is -2.30. The summed E-state index contributed by atoms with van der Waals surface area (Å²) >= 11 is 0. The number of carbonyl (C=O) groups excluding carboxylic acids is 1. The molecule has 0 aliphatic carbocycles. The molecule has 0 spiro atoms. The predicted molar refractivity (Wildman–Crippen MR) is 93.4 cm³/mol. The summed E-state index contributed by atoms with van der Waals surface area (Å²) in [7, 11) is 0. The predicted octanol–water partition coefficient (Wildman–Crippen LogP) is 1.91. The highest BCUT2D eigenvalue weighted by molar-refractivity contribution is 5.77. The van der Waals surface area contributed by atoms with Gasteiger partial charge in [-0.3, -0.25) is 4.79 Å². The molecule has 0 radical (unpaired) electrons. The maximum absolute atomic E-state index is 12.8. The summed E-state index contributed by atoms with van der Waals surface area (Å²) in [5.74, 6) is 0.321. The third-order valence-corrected chi connectivity index (χ3v) is 5.12. The molecule has 0 aromatic heterocycles. The molecule has 2 aliphatic heterocycles. The maximum Gasteiger partial charge on any atom is 0.223 e. The smallest absolute Gasteiger partial charge is 0.223 e. The van der Waals surface area contributed by atoms with E-state index >= 15 is 0 Å². The number of hydrogen-bond donors (Lipinski definition) is 1. The van der Waals surface area contributed by atoms with E-state index in [-0.39, 0.29) is 0 Å². The van der Waals surface area contributed by atoms with Crippen molar-refractivity contribution in [2.45, 2.75) is 38.1 Å². The van der Waals surface area contributed by atoms with Crippen molar-refractivity contribution >= 4 is 5.91 Å². The summed E-state index contributed by atoms with van der Waals surface area (Å²) in [6.45, 7) is 6.32. The number of rotatable bonds is 7. The van der Waals surface area contributed by atoms with E-state index in [9.17, 15) is 4.79 Å². The zero-order valence-electron chi connectivity index (χ0n) is 14.0. The molecule has 4 heteroatoms. The molecule has 126 valence electrons. The fraction of sp³-hybridized carbons (Fsp3) is 0.632. The van der Waals surface area contributed by atoms with Crippen LogP contribution >= 0.6 is 0 Å². The van der Waals surface area contributed by atoms with Crippen LogP contribution in [0, 0.1) is 0 Å². The van der Waals surface area contributed by atoms with Crippen LogP contribution in [0.3, 0.4) is 0 Å². The SMILES string of the molecule is O=C(CCc1ccccc1)N(CCN1CCCC1)C1CCNC1. The van der Waals surface area contributed by atoms with E-state index in [1.54, 1.807) is 0 Å². The minimum atomic E-state index is 0.321. The Morgan fingerprint density at radius 3 is 2.70 bits per heavy atom. The third kappa shape index (κ3) is 4.79. The summed E-state index contributed by atoms with van der Waals surface area (Å²) in [5.41, 5.74) is 1.25. The van der Waals surface area contributed by atoms with Gasteiger partial charge in [-0.25, -0.2) is 0 Å². The van der Waals surface area contributed by atoms with E-state index in [4.69, 9.17) is 0 Å². The first-order chi connectivity index (χ1) is 11.3. The topological polar surface area (TPSA) is 35.6 Å². The van der Waals surface area contributed by atoms with Gasteiger partial charge in [-0.15, -0.1) is 0 Å². The molecule has 2 fully saturated rings. The molecule has 1 aromatic carbocycles. The Morgan fingerprint density at radius 1 is 1.22 bits per heavy atom. The average Bonchev–Trinajstić information content (AvgIpc) is 3.28. The summed E-state index contributed by atoms with van der Waals surface area (Å²) in [5, 5.41) is 3.40. The highest BCUT2D eigenvalue weighted by Gasteiger charge is 2.26. The van der Waals surface area contributed by atoms with Gasteiger partial charge in [0.25, 0.3) is 0 Å². The van der Waals surface area contributed by atoms with Gasteiger partial charge in [0.1, 0.15) is 0 Å². The van der Waals surface area contributed by atoms with Gasteiger partial charge < -0.3 is 15.1 Å². The molecular formula is C19H29N3O. The first-order valence-corrected chi connectivity index (χ1v) is 9.09. The first kappa shape index (κ1) is 16.5. The summed E-state index contributed by atoms with van der Waals surface area (Å²) in [6, 6.07) is 10.7. The first-order valence-electron chi connectivity index (χ1n) is 9.09. The maximum atomic E-state index is 12.8. The summed E-state index contributed by atoms with van der Waals surface area (Å²) < 4.78 is 0. The van der Waals surface area contributed by atoms with Gasteiger partial charge in [0.2, 0.25) is 5.91 Å². The van der Waals surface area contributed by atoms with Gasteiger partial charge in [-0.1, -0.05) is 30.3 Å². The number of nitrogens with one attached hydrogen (secondary N) is 1. The van der Waals surface area contributed by atoms with Crippen molar-refractivity contribution in [2.75, 3.05) is 39.3 Å². The van der Waals surface area contributed by atoms with E-state index in [0.717, 1.165) is 39.0 Å². The van der Waals surface area contributed by atoms with Crippen LogP contribution in [0.1, 0.15) is 31.2 Å². The largest absolute Gasteiger partial charge is 0.337 e. The van der Waals surface area contributed by atoms with E-state index in [1.807, 2.05) is 18.2 Å². The fourth-order valence-corrected chi connectivity index (χ4v) is 3.71. The van der Waals surface area contributed by atoms with Crippen molar-refractivity contribution in [1.29, 1.82) is 0 Å². The lowest BCUT2D eigenvalue weighted by molar-refractivity contribution is -0.133. The molecule has 23 heavy (non-hydrogen) atoms. The van der Waals surface area contributed by atoms with Gasteiger partial charge >= 0.3 is 0 Å². The van der Waals surface area contributed by atoms with Crippen molar-refractivity contribution in [2.24, 2.45) is 0 Å². The second-order valence-corrected chi connectivity index (χ2v) is 6.77. The third-order valence-electron chi connectivity index (χ3n) is 5.12. The molecule has 1 amide bonds. The molecule has 2 saturated heterocycles. The molecule has 3 rings (SSSR count). The molecular weight excluding hydrogens is 286 g/mol. The Balaban J connectivity index is 1.53. The Kier molecular flexibility index (Phi) is 6.06. The van der Waals surface area contributed by atoms with Crippen molar-refractivity contribution < 1.29 is 4.79 Å². The second-order valence-electron chi connectivity index (χ2n) is 6.77. The lowest BCUT2D eigenvalue weighted by atomic mass is 10.1. The highest BCUT2D eigenvalue weighted by atomic mass is 16.2. The van der Waals surface area contributed by atoms with Gasteiger partial charge in [0.05, 0.1) is 0 Å². The molecule has 2 aliphatic rings. The molecule has 1 atom stereocenters. The van der Waals surface area contributed by atoms with Crippen LogP contribution in [0.25, 0.3) is 0 Å². The van der Waals surface area contributed by atoms with Gasteiger partial charge in [0, 0.05) is 32.1 Å². The number of amides is 1. The zero-order chi connectivity index (χ0) is 15.9. The number of nitrogens with zero attached hydrogens (tertiary/aromatic N) is 2. The van der Waals surface area contributed by atoms with E-state index in [2.05, 4.69) is 27.2 Å². The standard InChI is InChI=1S/C19H29N3O/c23-19(9-8-17-6-2-1-3-7-17)22(18-10-11-20-16-18)15-14-21-12-4-5-13-21/h1-3,6-7,18,20H,4-5,8-16H2. The van der Waals surface area contributed by atoms with Crippen LogP contribution in [0.5, 0.6) is 0 Å². The summed E-state index contributed by atoms with van der Waals surface area (Å²) in [4.78, 5) is 17.4. The van der Waals surface area contributed by atoms with Crippen LogP contribution in [0.2, 0.25) is 0 Å². The molecule has 2 heterocycles. The highest BCUT2D eigenvalue weighted by Crippen LogP contribution is 2.14. The monoisotopic (exact) mass is 315 g/mol. The zero-order valence-corrected chi connectivity index (χ0v) is 14.0. The number of carbonyl (C=O) groups is 1. The lowest BCUT2D eigenvalue weighted by Crippen LogP contribution is -2.45. The van der Waals surface area contributed by atoms with Gasteiger partial charge in [0.15, 0.2) is 0 Å². The van der Waals surface area contributed by atoms with Crippen LogP contribution < -0.4 is 5.32 Å². The number of hydrogen-bond acceptors (Lipinski definition) is 3. The summed E-state index contributed by atoms with van der Waals surface area (Å²) in [6.07, 6.45) is 5.19. The fourth-order valence-electron chi connectivity index (χ4n) is 3.71. The van der Waals surface area contributed by atoms with Crippen molar-refractivity contribution in [3.8, 4) is 0 Å². The molecule has 0 saturated carbocycles. The Morgan fingerprint density at radius 2 is 2.00 bits per heavy atom. The van der Waals surface area contributed by atoms with Gasteiger partial charge in [-0.05, 0) is 50.9 Å². The molecule has 1 unspecified atom stereocenters. The number of aryl methyl sites for hydroxylation is 1. The quantitative estimate of drug-likeness (QED) is 0.835. The van der Waals surface area contributed by atoms with E-state index in [0.29, 0.717) is 18.4 Å². The van der Waals surface area contributed by atoms with E-state index < -0.39 is 0 Å². The van der Waals surface area contributed by atoms with E-state index in [1.165, 1.54) is 31.5 Å². The van der Waals surface area contributed by atoms with Crippen LogP contribution in [0.4, 0.5) is 0 Å². The number of benzene rings is 1. The Hall–Kier alpha value is -1.39. The van der Waals surface area contributed by atoms with Crippen LogP contribution in [0.15, 0.2) is 30.3 Å². The molecule has 0 bridgehead atoms. The van der Waals surface area contributed by atoms with Crippen molar-refractivity contribution in [3.63, 3.8) is 0 Å². The number of likely N-dealkylation sites (tertiary alicyclic amines) is 1. The minimum absolute atomic E-state index is 0.321. The van der Waals surface area contributed by atoms with Crippen LogP contribution in [-0.2, 0) is 11.2 Å². The van der Waals surface area contributed by atoms with Crippen molar-refractivity contribution in [3.05, 3.63) is 35.9 Å². The molecule has 4 nitrogen and oxygen atoms in total. The van der Waals surface area contributed by atoms with Crippen molar-refractivity contribution in [1.82, 2.24) is 15.1 Å². The van der Waals surface area contributed by atoms with Gasteiger partial charge in [-0.2, -0.15) is 0 Å². The average molecular weight is 315 g/mol. The minimum Gasteiger partial charge on any atom is -0.337 e. The second kappa shape index (κ2) is 8.46. The molecule has 1 N–H and O–H groups in total. The van der Waals surface area contributed by atoms with Crippen LogP contribution in [-0.4, -0.2) is 61.0 Å². The Bertz CT molecular complexity index is 479.